The van der Waals surface area contributed by atoms with Gasteiger partial charge in [0.05, 0.1) is 6.61 Å². The molecular weight excluding hydrogens is 318 g/mol. The van der Waals surface area contributed by atoms with Gasteiger partial charge in [0.15, 0.2) is 0 Å². The molecule has 2 rings (SSSR count). The van der Waals surface area contributed by atoms with E-state index in [-0.39, 0.29) is 12.3 Å². The van der Waals surface area contributed by atoms with E-state index in [0.717, 1.165) is 25.1 Å². The summed E-state index contributed by atoms with van der Waals surface area (Å²) in [6.45, 7) is 6.15. The van der Waals surface area contributed by atoms with Crippen LogP contribution >= 0.6 is 0 Å². The van der Waals surface area contributed by atoms with Crippen molar-refractivity contribution in [2.24, 2.45) is 5.92 Å². The van der Waals surface area contributed by atoms with Crippen LogP contribution in [0.2, 0.25) is 0 Å². The number of carbonyl (C=O) groups is 2. The third-order valence-electron chi connectivity index (χ3n) is 4.92. The predicted molar refractivity (Wildman–Crippen MR) is 96.8 cm³/mol. The van der Waals surface area contributed by atoms with Crippen LogP contribution in [0.3, 0.4) is 0 Å². The number of carboxylic acid groups (broad SMARTS) is 1. The van der Waals surface area contributed by atoms with Gasteiger partial charge in [-0.2, -0.15) is 0 Å². The van der Waals surface area contributed by atoms with Crippen molar-refractivity contribution in [3.8, 4) is 5.75 Å². The number of piperidine rings is 1. The van der Waals surface area contributed by atoms with Gasteiger partial charge < -0.3 is 14.7 Å². The number of aliphatic carboxylic acids is 1. The van der Waals surface area contributed by atoms with Crippen LogP contribution < -0.4 is 4.74 Å². The van der Waals surface area contributed by atoms with Crippen molar-refractivity contribution in [3.63, 3.8) is 0 Å². The number of hydrogen-bond donors (Lipinski definition) is 1. The maximum Gasteiger partial charge on any atom is 0.303 e. The molecule has 0 bridgehead atoms. The fourth-order valence-electron chi connectivity index (χ4n) is 3.23. The molecule has 138 valence electrons. The Morgan fingerprint density at radius 3 is 2.76 bits per heavy atom. The number of carbonyl (C=O) groups excluding carboxylic acids is 1. The van der Waals surface area contributed by atoms with Crippen LogP contribution in [0.1, 0.15) is 49.7 Å². The van der Waals surface area contributed by atoms with E-state index < -0.39 is 5.97 Å². The van der Waals surface area contributed by atoms with Gasteiger partial charge in [-0.05, 0) is 68.7 Å². The van der Waals surface area contributed by atoms with Gasteiger partial charge in [0.1, 0.15) is 5.75 Å². The number of hydrogen-bond acceptors (Lipinski definition) is 3. The number of rotatable bonds is 8. The largest absolute Gasteiger partial charge is 0.494 e. The fraction of sp³-hybridized carbons (Fsp3) is 0.600. The lowest BCUT2D eigenvalue weighted by Gasteiger charge is -2.32. The Hall–Kier alpha value is -2.04. The minimum absolute atomic E-state index is 0.156. The molecule has 1 aliphatic heterocycles. The van der Waals surface area contributed by atoms with Gasteiger partial charge in [-0.15, -0.1) is 0 Å². The average Bonchev–Trinajstić information content (AvgIpc) is 2.60. The molecule has 25 heavy (non-hydrogen) atoms. The molecule has 1 aromatic carbocycles. The fourth-order valence-corrected chi connectivity index (χ4v) is 3.23. The van der Waals surface area contributed by atoms with E-state index in [1.165, 1.54) is 11.1 Å². The van der Waals surface area contributed by atoms with E-state index in [9.17, 15) is 9.59 Å². The molecule has 0 aliphatic carbocycles. The molecule has 5 nitrogen and oxygen atoms in total. The number of carboxylic acids is 1. The lowest BCUT2D eigenvalue weighted by molar-refractivity contribution is -0.137. The normalized spacial score (nSPS) is 17.4. The van der Waals surface area contributed by atoms with Crippen molar-refractivity contribution in [1.29, 1.82) is 0 Å². The van der Waals surface area contributed by atoms with Crippen molar-refractivity contribution in [3.05, 3.63) is 29.3 Å². The van der Waals surface area contributed by atoms with Crippen LogP contribution in [0, 0.1) is 19.8 Å². The molecule has 1 amide bonds. The van der Waals surface area contributed by atoms with Crippen molar-refractivity contribution in [2.75, 3.05) is 19.7 Å². The molecule has 0 spiro atoms. The smallest absolute Gasteiger partial charge is 0.303 e. The summed E-state index contributed by atoms with van der Waals surface area (Å²) < 4.78 is 5.73. The summed E-state index contributed by atoms with van der Waals surface area (Å²) >= 11 is 0. The summed E-state index contributed by atoms with van der Waals surface area (Å²) in [4.78, 5) is 24.9. The first-order valence-electron chi connectivity index (χ1n) is 9.15. The second-order valence-corrected chi connectivity index (χ2v) is 6.98. The SMILES string of the molecule is Cc1ccc(OCCCC(=O)N2CCCC(CCC(=O)O)C2)cc1C. The number of likely N-dealkylation sites (tertiary alicyclic amines) is 1. The predicted octanol–water partition coefficient (Wildman–Crippen LogP) is 3.57. The van der Waals surface area contributed by atoms with Crippen LogP contribution in [-0.2, 0) is 9.59 Å². The van der Waals surface area contributed by atoms with Gasteiger partial charge in [0.2, 0.25) is 5.91 Å². The number of aryl methyl sites for hydroxylation is 2. The lowest BCUT2D eigenvalue weighted by atomic mass is 9.93. The molecule has 1 N–H and O–H groups in total. The monoisotopic (exact) mass is 347 g/mol. The third-order valence-corrected chi connectivity index (χ3v) is 4.92. The zero-order valence-electron chi connectivity index (χ0n) is 15.3. The van der Waals surface area contributed by atoms with Crippen molar-refractivity contribution >= 4 is 11.9 Å². The number of amides is 1. The quantitative estimate of drug-likeness (QED) is 0.730. The van der Waals surface area contributed by atoms with E-state index in [0.29, 0.717) is 38.3 Å². The van der Waals surface area contributed by atoms with Gasteiger partial charge in [-0.25, -0.2) is 0 Å². The van der Waals surface area contributed by atoms with Crippen LogP contribution in [0.15, 0.2) is 18.2 Å². The Kier molecular flexibility index (Phi) is 7.29. The highest BCUT2D eigenvalue weighted by atomic mass is 16.5. The Labute approximate surface area is 150 Å². The van der Waals surface area contributed by atoms with Gasteiger partial charge in [0, 0.05) is 25.9 Å². The zero-order valence-corrected chi connectivity index (χ0v) is 15.3. The van der Waals surface area contributed by atoms with Crippen LogP contribution in [0.25, 0.3) is 0 Å². The van der Waals surface area contributed by atoms with E-state index in [2.05, 4.69) is 13.8 Å². The lowest BCUT2D eigenvalue weighted by Crippen LogP contribution is -2.40. The highest BCUT2D eigenvalue weighted by Crippen LogP contribution is 2.22. The first-order chi connectivity index (χ1) is 12.0. The average molecular weight is 347 g/mol. The Morgan fingerprint density at radius 2 is 2.04 bits per heavy atom. The molecule has 0 radical (unpaired) electrons. The highest BCUT2D eigenvalue weighted by molar-refractivity contribution is 5.76. The maximum atomic E-state index is 12.3. The molecular formula is C20H29NO4. The van der Waals surface area contributed by atoms with Crippen molar-refractivity contribution in [1.82, 2.24) is 4.90 Å². The van der Waals surface area contributed by atoms with E-state index in [1.807, 2.05) is 23.1 Å². The molecule has 1 atom stereocenters. The van der Waals surface area contributed by atoms with E-state index in [4.69, 9.17) is 9.84 Å². The first-order valence-corrected chi connectivity index (χ1v) is 9.15. The summed E-state index contributed by atoms with van der Waals surface area (Å²) in [5.74, 6) is 0.568. The van der Waals surface area contributed by atoms with Crippen molar-refractivity contribution in [2.45, 2.75) is 52.4 Å². The first kappa shape index (κ1) is 19.3. The molecule has 1 aromatic rings. The Morgan fingerprint density at radius 1 is 1.24 bits per heavy atom. The van der Waals surface area contributed by atoms with Crippen molar-refractivity contribution < 1.29 is 19.4 Å². The third kappa shape index (κ3) is 6.40. The second kappa shape index (κ2) is 9.44. The topological polar surface area (TPSA) is 66.8 Å². The zero-order chi connectivity index (χ0) is 18.2. The molecule has 1 fully saturated rings. The van der Waals surface area contributed by atoms with Gasteiger partial charge in [-0.3, -0.25) is 9.59 Å². The van der Waals surface area contributed by atoms with Gasteiger partial charge in [0.25, 0.3) is 0 Å². The van der Waals surface area contributed by atoms with Gasteiger partial charge in [-0.1, -0.05) is 6.07 Å². The Bertz CT molecular complexity index is 599. The van der Waals surface area contributed by atoms with Crippen LogP contribution in [0.5, 0.6) is 5.75 Å². The summed E-state index contributed by atoms with van der Waals surface area (Å²) in [7, 11) is 0. The minimum Gasteiger partial charge on any atom is -0.494 e. The maximum absolute atomic E-state index is 12.3. The summed E-state index contributed by atoms with van der Waals surface area (Å²) in [5, 5.41) is 8.79. The molecule has 0 aromatic heterocycles. The number of nitrogens with zero attached hydrogens (tertiary/aromatic N) is 1. The number of ether oxygens (including phenoxy) is 1. The molecule has 1 heterocycles. The second-order valence-electron chi connectivity index (χ2n) is 6.98. The van der Waals surface area contributed by atoms with E-state index in [1.54, 1.807) is 0 Å². The summed E-state index contributed by atoms with van der Waals surface area (Å²) in [5.41, 5.74) is 2.44. The summed E-state index contributed by atoms with van der Waals surface area (Å²) in [6.07, 6.45) is 4.02. The molecule has 5 heteroatoms. The minimum atomic E-state index is -0.757. The van der Waals surface area contributed by atoms with E-state index >= 15 is 0 Å². The van der Waals surface area contributed by atoms with Crippen LogP contribution in [-0.4, -0.2) is 41.6 Å². The standard InChI is InChI=1S/C20H29NO4/c1-15-7-9-18(13-16(15)2)25-12-4-6-19(22)21-11-3-5-17(14-21)8-10-20(23)24/h7,9,13,17H,3-6,8,10-12,14H2,1-2H3,(H,23,24). The highest BCUT2D eigenvalue weighted by Gasteiger charge is 2.23. The molecule has 0 saturated carbocycles. The molecule has 1 aliphatic rings. The van der Waals surface area contributed by atoms with Gasteiger partial charge >= 0.3 is 5.97 Å². The summed E-state index contributed by atoms with van der Waals surface area (Å²) in [6, 6.07) is 6.03. The molecule has 1 unspecified atom stereocenters. The number of benzene rings is 1. The van der Waals surface area contributed by atoms with Crippen LogP contribution in [0.4, 0.5) is 0 Å². The Balaban J connectivity index is 1.68. The molecule has 1 saturated heterocycles.